The van der Waals surface area contributed by atoms with Gasteiger partial charge in [0.05, 0.1) is 33.1 Å². The quantitative estimate of drug-likeness (QED) is 0.538. The first-order chi connectivity index (χ1) is 17.2. The van der Waals surface area contributed by atoms with E-state index in [0.29, 0.717) is 52.9 Å². The molecule has 0 unspecified atom stereocenters. The number of rotatable bonds is 6. The molecule has 2 atom stereocenters. The van der Waals surface area contributed by atoms with Crippen LogP contribution in [0.1, 0.15) is 35.1 Å². The summed E-state index contributed by atoms with van der Waals surface area (Å²) in [6.07, 6.45) is 0. The maximum absolute atomic E-state index is 13.2. The molecule has 11 heteroatoms. The van der Waals surface area contributed by atoms with Crippen LogP contribution < -0.4 is 5.32 Å². The topological polar surface area (TPSA) is 82.2 Å². The third-order valence-corrected chi connectivity index (χ3v) is 8.13. The lowest BCUT2D eigenvalue weighted by molar-refractivity contribution is -0.139. The van der Waals surface area contributed by atoms with Gasteiger partial charge in [-0.1, -0.05) is 41.4 Å². The number of carbonyl (C=O) groups excluding carboxylic acids is 3. The van der Waals surface area contributed by atoms with Crippen molar-refractivity contribution in [3.63, 3.8) is 0 Å². The van der Waals surface area contributed by atoms with Crippen molar-refractivity contribution in [2.45, 2.75) is 25.9 Å². The zero-order valence-electron chi connectivity index (χ0n) is 20.3. The number of nitrogens with zero attached hydrogens (tertiary/aromatic N) is 3. The largest absolute Gasteiger partial charge is 0.463 e. The molecule has 1 saturated heterocycles. The van der Waals surface area contributed by atoms with Crippen LogP contribution in [0.4, 0.5) is 4.79 Å². The molecular weight excluding hydrogens is 523 g/mol. The Labute approximate surface area is 224 Å². The third kappa shape index (κ3) is 5.25. The van der Waals surface area contributed by atoms with E-state index in [2.05, 4.69) is 10.2 Å². The molecule has 2 aromatic rings. The normalized spacial score (nSPS) is 21.0. The number of piperazine rings is 1. The highest BCUT2D eigenvalue weighted by Gasteiger charge is 2.39. The lowest BCUT2D eigenvalue weighted by Crippen LogP contribution is -2.56. The van der Waals surface area contributed by atoms with Gasteiger partial charge in [-0.25, -0.2) is 9.59 Å². The van der Waals surface area contributed by atoms with Gasteiger partial charge >= 0.3 is 12.0 Å². The van der Waals surface area contributed by atoms with Gasteiger partial charge in [-0.3, -0.25) is 14.6 Å². The molecule has 3 amide bonds. The average Bonchev–Trinajstić information content (AvgIpc) is 3.38. The van der Waals surface area contributed by atoms with Crippen molar-refractivity contribution >= 4 is 52.4 Å². The summed E-state index contributed by atoms with van der Waals surface area (Å²) in [4.78, 5) is 45.3. The lowest BCUT2D eigenvalue weighted by atomic mass is 9.94. The second-order valence-corrected chi connectivity index (χ2v) is 10.5. The SMILES string of the molecule is CCOC(=O)C1=C(CN2CCN(C(=O)c3cccs3)[C@H](C)C2)N(C)C(=O)N[C@@H]1c1cccc(Cl)c1Cl. The van der Waals surface area contributed by atoms with Crippen LogP contribution in [0, 0.1) is 0 Å². The van der Waals surface area contributed by atoms with E-state index < -0.39 is 12.0 Å². The van der Waals surface area contributed by atoms with E-state index in [-0.39, 0.29) is 29.6 Å². The van der Waals surface area contributed by atoms with Crippen molar-refractivity contribution in [2.75, 3.05) is 39.8 Å². The van der Waals surface area contributed by atoms with E-state index in [1.165, 1.54) is 16.2 Å². The fourth-order valence-corrected chi connectivity index (χ4v) is 5.70. The Hall–Kier alpha value is -2.59. The molecule has 1 N–H and O–H groups in total. The molecule has 1 fully saturated rings. The van der Waals surface area contributed by atoms with Gasteiger partial charge in [-0.15, -0.1) is 11.3 Å². The number of carbonyl (C=O) groups is 3. The molecule has 1 aromatic heterocycles. The molecule has 0 bridgehead atoms. The molecule has 8 nitrogen and oxygen atoms in total. The monoisotopic (exact) mass is 550 g/mol. The summed E-state index contributed by atoms with van der Waals surface area (Å²) in [6.45, 7) is 5.98. The fraction of sp³-hybridized carbons (Fsp3) is 0.400. The highest BCUT2D eigenvalue weighted by atomic mass is 35.5. The number of thiophene rings is 1. The zero-order valence-corrected chi connectivity index (χ0v) is 22.6. The van der Waals surface area contributed by atoms with Crippen molar-refractivity contribution in [3.05, 3.63) is 67.5 Å². The summed E-state index contributed by atoms with van der Waals surface area (Å²) in [5.74, 6) is -0.506. The standard InChI is InChI=1S/C25H28Cl2N4O4S/c1-4-35-24(33)20-18(29(3)25(34)28-22(20)16-7-5-8-17(26)21(16)27)14-30-10-11-31(15(2)13-30)23(32)19-9-6-12-36-19/h5-9,12,15,22H,4,10-11,13-14H2,1-3H3,(H,28,34)/t15-,22-/m1/s1. The Morgan fingerprint density at radius 2 is 1.97 bits per heavy atom. The summed E-state index contributed by atoms with van der Waals surface area (Å²) >= 11 is 14.2. The first-order valence-electron chi connectivity index (χ1n) is 11.7. The Bertz CT molecular complexity index is 1190. The van der Waals surface area contributed by atoms with Crippen LogP contribution in [-0.4, -0.2) is 78.5 Å². The van der Waals surface area contributed by atoms with Gasteiger partial charge in [0.15, 0.2) is 0 Å². The van der Waals surface area contributed by atoms with Crippen LogP contribution in [0.25, 0.3) is 0 Å². The number of nitrogens with one attached hydrogen (secondary N) is 1. The van der Waals surface area contributed by atoms with Crippen molar-refractivity contribution in [2.24, 2.45) is 0 Å². The van der Waals surface area contributed by atoms with Crippen LogP contribution in [0.15, 0.2) is 47.0 Å². The number of amides is 3. The molecule has 3 heterocycles. The van der Waals surface area contributed by atoms with Gasteiger partial charge < -0.3 is 15.0 Å². The smallest absolute Gasteiger partial charge is 0.338 e. The van der Waals surface area contributed by atoms with Crippen molar-refractivity contribution in [3.8, 4) is 0 Å². The molecule has 4 rings (SSSR count). The highest BCUT2D eigenvalue weighted by Crippen LogP contribution is 2.37. The van der Waals surface area contributed by atoms with Gasteiger partial charge in [-0.2, -0.15) is 0 Å². The minimum Gasteiger partial charge on any atom is -0.463 e. The first-order valence-corrected chi connectivity index (χ1v) is 13.3. The zero-order chi connectivity index (χ0) is 26.0. The number of benzene rings is 1. The van der Waals surface area contributed by atoms with E-state index in [4.69, 9.17) is 27.9 Å². The predicted octanol–water partition coefficient (Wildman–Crippen LogP) is 4.41. The molecule has 2 aliphatic heterocycles. The molecule has 2 aliphatic rings. The summed E-state index contributed by atoms with van der Waals surface area (Å²) in [7, 11) is 1.62. The molecule has 0 spiro atoms. The number of hydrogen-bond acceptors (Lipinski definition) is 6. The Morgan fingerprint density at radius 1 is 1.19 bits per heavy atom. The molecular formula is C25H28Cl2N4O4S. The highest BCUT2D eigenvalue weighted by molar-refractivity contribution is 7.12. The number of halogens is 2. The van der Waals surface area contributed by atoms with E-state index in [1.54, 1.807) is 32.2 Å². The Morgan fingerprint density at radius 3 is 2.64 bits per heavy atom. The molecule has 0 aliphatic carbocycles. The van der Waals surface area contributed by atoms with Gasteiger partial charge in [-0.05, 0) is 36.9 Å². The second-order valence-electron chi connectivity index (χ2n) is 8.73. The lowest BCUT2D eigenvalue weighted by Gasteiger charge is -2.42. The number of ether oxygens (including phenoxy) is 1. The maximum Gasteiger partial charge on any atom is 0.338 e. The number of hydrogen-bond donors (Lipinski definition) is 1. The minimum absolute atomic E-state index is 0.0217. The van der Waals surface area contributed by atoms with Crippen LogP contribution in [-0.2, 0) is 9.53 Å². The fourth-order valence-electron chi connectivity index (χ4n) is 4.61. The third-order valence-electron chi connectivity index (χ3n) is 6.44. The van der Waals surface area contributed by atoms with Gasteiger partial charge in [0.2, 0.25) is 0 Å². The summed E-state index contributed by atoms with van der Waals surface area (Å²) in [5, 5.41) is 5.36. The van der Waals surface area contributed by atoms with Crippen molar-refractivity contribution in [1.29, 1.82) is 0 Å². The van der Waals surface area contributed by atoms with Crippen LogP contribution in [0.2, 0.25) is 10.0 Å². The van der Waals surface area contributed by atoms with E-state index in [0.717, 1.165) is 0 Å². The van der Waals surface area contributed by atoms with E-state index in [1.807, 2.05) is 29.3 Å². The van der Waals surface area contributed by atoms with E-state index >= 15 is 0 Å². The van der Waals surface area contributed by atoms with Gasteiger partial charge in [0, 0.05) is 45.0 Å². The Kier molecular flexibility index (Phi) is 8.24. The molecule has 36 heavy (non-hydrogen) atoms. The van der Waals surface area contributed by atoms with Crippen molar-refractivity contribution < 1.29 is 19.1 Å². The molecule has 0 saturated carbocycles. The van der Waals surface area contributed by atoms with Crippen LogP contribution >= 0.6 is 34.5 Å². The summed E-state index contributed by atoms with van der Waals surface area (Å²) < 4.78 is 5.40. The average molecular weight is 551 g/mol. The maximum atomic E-state index is 13.2. The van der Waals surface area contributed by atoms with Gasteiger partial charge in [0.1, 0.15) is 0 Å². The predicted molar refractivity (Wildman–Crippen MR) is 140 cm³/mol. The second kappa shape index (κ2) is 11.2. The summed E-state index contributed by atoms with van der Waals surface area (Å²) in [6, 6.07) is 7.60. The van der Waals surface area contributed by atoms with Gasteiger partial charge in [0.25, 0.3) is 5.91 Å². The molecule has 192 valence electrons. The Balaban J connectivity index is 1.65. The van der Waals surface area contributed by atoms with Crippen LogP contribution in [0.3, 0.4) is 0 Å². The molecule has 1 aromatic carbocycles. The van der Waals surface area contributed by atoms with Crippen LogP contribution in [0.5, 0.6) is 0 Å². The van der Waals surface area contributed by atoms with E-state index in [9.17, 15) is 14.4 Å². The first kappa shape index (κ1) is 26.5. The number of esters is 1. The minimum atomic E-state index is -0.812. The number of urea groups is 1. The molecule has 0 radical (unpaired) electrons. The number of likely N-dealkylation sites (N-methyl/N-ethyl adjacent to an activating group) is 1. The van der Waals surface area contributed by atoms with Crippen molar-refractivity contribution in [1.82, 2.24) is 20.0 Å². The summed E-state index contributed by atoms with van der Waals surface area (Å²) in [5.41, 5.74) is 1.36.